The van der Waals surface area contributed by atoms with Crippen molar-refractivity contribution in [3.63, 3.8) is 0 Å². The monoisotopic (exact) mass is 294 g/mol. The first-order valence-corrected chi connectivity index (χ1v) is 6.42. The van der Waals surface area contributed by atoms with E-state index in [2.05, 4.69) is 26.2 Å². The van der Waals surface area contributed by atoms with Crippen molar-refractivity contribution in [1.29, 1.82) is 0 Å². The van der Waals surface area contributed by atoms with Crippen LogP contribution in [0.4, 0.5) is 5.13 Å². The van der Waals surface area contributed by atoms with Crippen molar-refractivity contribution in [3.05, 3.63) is 9.98 Å². The van der Waals surface area contributed by atoms with Crippen molar-refractivity contribution >= 4 is 32.4 Å². The van der Waals surface area contributed by atoms with E-state index in [0.29, 0.717) is 13.2 Å². The Hall–Kier alpha value is -0.170. The van der Waals surface area contributed by atoms with Gasteiger partial charge in [-0.05, 0) is 22.4 Å². The van der Waals surface area contributed by atoms with Gasteiger partial charge >= 0.3 is 0 Å². The van der Waals surface area contributed by atoms with Crippen molar-refractivity contribution in [2.45, 2.75) is 6.42 Å². The van der Waals surface area contributed by atoms with E-state index >= 15 is 0 Å². The smallest absolute Gasteiger partial charge is 0.183 e. The number of methoxy groups -OCH3 is 1. The number of hydrogen-bond acceptors (Lipinski definition) is 5. The largest absolute Gasteiger partial charge is 0.382 e. The molecule has 4 nitrogen and oxygen atoms in total. The van der Waals surface area contributed by atoms with Gasteiger partial charge in [0.15, 0.2) is 5.13 Å². The molecule has 0 aliphatic carbocycles. The van der Waals surface area contributed by atoms with Crippen LogP contribution in [0, 0.1) is 0 Å². The van der Waals surface area contributed by atoms with Crippen molar-refractivity contribution < 1.29 is 9.47 Å². The number of rotatable bonds is 8. The van der Waals surface area contributed by atoms with Gasteiger partial charge in [-0.25, -0.2) is 4.98 Å². The topological polar surface area (TPSA) is 43.4 Å². The average Bonchev–Trinajstić information content (AvgIpc) is 2.63. The minimum absolute atomic E-state index is 0.660. The predicted octanol–water partition coefficient (Wildman–Crippen LogP) is 2.37. The summed E-state index contributed by atoms with van der Waals surface area (Å²) in [7, 11) is 1.67. The fourth-order valence-electron chi connectivity index (χ4n) is 0.949. The number of ether oxygens (including phenoxy) is 2. The van der Waals surface area contributed by atoms with Crippen LogP contribution in [0.3, 0.4) is 0 Å². The second kappa shape index (κ2) is 8.04. The first kappa shape index (κ1) is 12.9. The van der Waals surface area contributed by atoms with Crippen LogP contribution in [0.15, 0.2) is 9.98 Å². The lowest BCUT2D eigenvalue weighted by Gasteiger charge is -2.04. The van der Waals surface area contributed by atoms with Crippen LogP contribution < -0.4 is 5.32 Å². The highest BCUT2D eigenvalue weighted by atomic mass is 79.9. The molecule has 0 radical (unpaired) electrons. The summed E-state index contributed by atoms with van der Waals surface area (Å²) in [6.45, 7) is 2.96. The molecule has 0 unspecified atom stereocenters. The molecule has 6 heteroatoms. The van der Waals surface area contributed by atoms with E-state index in [1.54, 1.807) is 18.4 Å². The standard InChI is InChI=1S/C9H15BrN2O2S/c1-13-5-6-14-4-2-3-11-9-12-8(10)7-15-9/h7H,2-6H2,1H3,(H,11,12). The minimum atomic E-state index is 0.660. The molecule has 86 valence electrons. The second-order valence-corrected chi connectivity index (χ2v) is 4.53. The van der Waals surface area contributed by atoms with Gasteiger partial charge in [-0.1, -0.05) is 0 Å². The molecule has 1 aromatic rings. The molecule has 15 heavy (non-hydrogen) atoms. The normalized spacial score (nSPS) is 10.5. The molecule has 0 saturated carbocycles. The van der Waals surface area contributed by atoms with Gasteiger partial charge in [0.05, 0.1) is 13.2 Å². The molecule has 0 fully saturated rings. The maximum absolute atomic E-state index is 5.33. The van der Waals surface area contributed by atoms with Crippen LogP contribution in [-0.2, 0) is 9.47 Å². The molecule has 1 N–H and O–H groups in total. The minimum Gasteiger partial charge on any atom is -0.382 e. The Balaban J connectivity index is 1.93. The Bertz CT molecular complexity index is 270. The Morgan fingerprint density at radius 3 is 3.00 bits per heavy atom. The fourth-order valence-corrected chi connectivity index (χ4v) is 2.12. The van der Waals surface area contributed by atoms with E-state index in [0.717, 1.165) is 29.3 Å². The van der Waals surface area contributed by atoms with E-state index in [1.807, 2.05) is 5.38 Å². The maximum atomic E-state index is 5.33. The van der Waals surface area contributed by atoms with Crippen LogP contribution in [0.5, 0.6) is 0 Å². The predicted molar refractivity (Wildman–Crippen MR) is 65.6 cm³/mol. The molecule has 1 aromatic heterocycles. The number of hydrogen-bond donors (Lipinski definition) is 1. The third kappa shape index (κ3) is 6.09. The first-order chi connectivity index (χ1) is 7.33. The highest BCUT2D eigenvalue weighted by Crippen LogP contribution is 2.18. The van der Waals surface area contributed by atoms with E-state index < -0.39 is 0 Å². The molecule has 0 aromatic carbocycles. The van der Waals surface area contributed by atoms with Crippen LogP contribution in [0.25, 0.3) is 0 Å². The molecule has 0 atom stereocenters. The SMILES string of the molecule is COCCOCCCNc1nc(Br)cs1. The van der Waals surface area contributed by atoms with Gasteiger partial charge in [-0.3, -0.25) is 0 Å². The number of nitrogens with one attached hydrogen (secondary N) is 1. The molecule has 0 bridgehead atoms. The third-order valence-electron chi connectivity index (χ3n) is 1.65. The number of halogens is 1. The van der Waals surface area contributed by atoms with E-state index in [4.69, 9.17) is 9.47 Å². The molecule has 0 saturated heterocycles. The second-order valence-electron chi connectivity index (χ2n) is 2.86. The van der Waals surface area contributed by atoms with E-state index in [-0.39, 0.29) is 0 Å². The highest BCUT2D eigenvalue weighted by molar-refractivity contribution is 9.10. The molecule has 0 amide bonds. The molecule has 0 aliphatic rings. The van der Waals surface area contributed by atoms with Crippen LogP contribution in [-0.4, -0.2) is 38.5 Å². The lowest BCUT2D eigenvalue weighted by Crippen LogP contribution is -2.08. The summed E-state index contributed by atoms with van der Waals surface area (Å²) in [6.07, 6.45) is 0.973. The number of anilines is 1. The Labute approximate surface area is 102 Å². The Kier molecular flexibility index (Phi) is 6.91. The van der Waals surface area contributed by atoms with Crippen molar-refractivity contribution in [2.75, 3.05) is 38.8 Å². The third-order valence-corrected chi connectivity index (χ3v) is 3.16. The summed E-state index contributed by atoms with van der Waals surface area (Å²) < 4.78 is 11.1. The first-order valence-electron chi connectivity index (χ1n) is 4.74. The maximum Gasteiger partial charge on any atom is 0.183 e. The molecular formula is C9H15BrN2O2S. The van der Waals surface area contributed by atoms with Gasteiger partial charge in [0, 0.05) is 25.6 Å². The average molecular weight is 295 g/mol. The molecule has 1 rings (SSSR count). The summed E-state index contributed by atoms with van der Waals surface area (Å²) in [5, 5.41) is 6.12. The van der Waals surface area contributed by atoms with Gasteiger partial charge in [0.2, 0.25) is 0 Å². The van der Waals surface area contributed by atoms with Crippen molar-refractivity contribution in [1.82, 2.24) is 4.98 Å². The fraction of sp³-hybridized carbons (Fsp3) is 0.667. The van der Waals surface area contributed by atoms with Crippen molar-refractivity contribution in [3.8, 4) is 0 Å². The summed E-state index contributed by atoms with van der Waals surface area (Å²) in [4.78, 5) is 4.22. The van der Waals surface area contributed by atoms with E-state index in [9.17, 15) is 0 Å². The lowest BCUT2D eigenvalue weighted by atomic mass is 10.4. The summed E-state index contributed by atoms with van der Waals surface area (Å²) >= 11 is 4.90. The zero-order chi connectivity index (χ0) is 10.9. The van der Waals surface area contributed by atoms with Crippen LogP contribution in [0.2, 0.25) is 0 Å². The molecular weight excluding hydrogens is 280 g/mol. The number of nitrogens with zero attached hydrogens (tertiary/aromatic N) is 1. The number of aromatic nitrogens is 1. The summed E-state index contributed by atoms with van der Waals surface area (Å²) in [5.74, 6) is 0. The zero-order valence-corrected chi connectivity index (χ0v) is 11.1. The molecule has 1 heterocycles. The highest BCUT2D eigenvalue weighted by Gasteiger charge is 1.97. The molecule has 0 spiro atoms. The van der Waals surface area contributed by atoms with Gasteiger partial charge in [0.25, 0.3) is 0 Å². The molecule has 0 aliphatic heterocycles. The summed E-state index contributed by atoms with van der Waals surface area (Å²) in [6, 6.07) is 0. The zero-order valence-electron chi connectivity index (χ0n) is 8.66. The van der Waals surface area contributed by atoms with Gasteiger partial charge in [0.1, 0.15) is 4.60 Å². The lowest BCUT2D eigenvalue weighted by molar-refractivity contribution is 0.0705. The Morgan fingerprint density at radius 2 is 2.33 bits per heavy atom. The van der Waals surface area contributed by atoms with Crippen molar-refractivity contribution in [2.24, 2.45) is 0 Å². The summed E-state index contributed by atoms with van der Waals surface area (Å²) in [5.41, 5.74) is 0. The van der Waals surface area contributed by atoms with Gasteiger partial charge < -0.3 is 14.8 Å². The Morgan fingerprint density at radius 1 is 1.47 bits per heavy atom. The van der Waals surface area contributed by atoms with Gasteiger partial charge in [-0.15, -0.1) is 11.3 Å². The number of thiazole rings is 1. The van der Waals surface area contributed by atoms with Crippen LogP contribution in [0.1, 0.15) is 6.42 Å². The quantitative estimate of drug-likeness (QED) is 0.748. The van der Waals surface area contributed by atoms with Gasteiger partial charge in [-0.2, -0.15) is 0 Å². The van der Waals surface area contributed by atoms with Crippen LogP contribution >= 0.6 is 27.3 Å². The van der Waals surface area contributed by atoms with E-state index in [1.165, 1.54) is 0 Å².